The molecule has 0 saturated carbocycles. The lowest BCUT2D eigenvalue weighted by Gasteiger charge is -2.48. The van der Waals surface area contributed by atoms with Gasteiger partial charge in [-0.3, -0.25) is 4.79 Å². The molecule has 0 aromatic carbocycles. The van der Waals surface area contributed by atoms with Gasteiger partial charge in [0.05, 0.1) is 11.0 Å². The van der Waals surface area contributed by atoms with Crippen molar-refractivity contribution in [3.05, 3.63) is 0 Å². The zero-order chi connectivity index (χ0) is 12.8. The highest BCUT2D eigenvalue weighted by Gasteiger charge is 2.46. The van der Waals surface area contributed by atoms with E-state index in [-0.39, 0.29) is 22.4 Å². The van der Waals surface area contributed by atoms with E-state index in [1.807, 2.05) is 18.7 Å². The molecule has 1 rings (SSSR count). The summed E-state index contributed by atoms with van der Waals surface area (Å²) in [6, 6.07) is 0. The van der Waals surface area contributed by atoms with E-state index in [1.165, 1.54) is 0 Å². The third-order valence-corrected chi connectivity index (χ3v) is 3.18. The standard InChI is InChI=1S/C13H26N2O/c1-11(2,3)15-10(16)12(4,5)8-14-9-13(15,6)7/h14H,8-9H2,1-7H3. The van der Waals surface area contributed by atoms with Crippen LogP contribution in [0.1, 0.15) is 48.5 Å². The van der Waals surface area contributed by atoms with Crippen LogP contribution in [0.4, 0.5) is 0 Å². The Balaban J connectivity index is 3.19. The maximum atomic E-state index is 12.6. The van der Waals surface area contributed by atoms with E-state index in [1.54, 1.807) is 0 Å². The normalized spacial score (nSPS) is 25.4. The zero-order valence-electron chi connectivity index (χ0n) is 11.8. The summed E-state index contributed by atoms with van der Waals surface area (Å²) in [4.78, 5) is 14.7. The molecule has 0 spiro atoms. The molecule has 1 heterocycles. The van der Waals surface area contributed by atoms with Crippen LogP contribution in [-0.2, 0) is 4.79 Å². The number of hydrogen-bond donors (Lipinski definition) is 1. The quantitative estimate of drug-likeness (QED) is 0.685. The first-order valence-electron chi connectivity index (χ1n) is 6.04. The minimum absolute atomic E-state index is 0.135. The van der Waals surface area contributed by atoms with Crippen LogP contribution in [0.2, 0.25) is 0 Å². The van der Waals surface area contributed by atoms with Crippen LogP contribution in [-0.4, -0.2) is 35.0 Å². The molecule has 1 aliphatic heterocycles. The number of hydrogen-bond acceptors (Lipinski definition) is 2. The minimum Gasteiger partial charge on any atom is -0.331 e. The number of rotatable bonds is 0. The maximum absolute atomic E-state index is 12.6. The Hall–Kier alpha value is -0.570. The Labute approximate surface area is 99.6 Å². The average Bonchev–Trinajstić information content (AvgIpc) is 2.05. The Morgan fingerprint density at radius 3 is 2.06 bits per heavy atom. The highest BCUT2D eigenvalue weighted by atomic mass is 16.2. The Morgan fingerprint density at radius 1 is 1.12 bits per heavy atom. The SMILES string of the molecule is CC1(C)CNCC(C)(C)N(C(C)(C)C)C1=O. The van der Waals surface area contributed by atoms with E-state index in [9.17, 15) is 4.79 Å². The summed E-state index contributed by atoms with van der Waals surface area (Å²) < 4.78 is 0. The van der Waals surface area contributed by atoms with E-state index in [4.69, 9.17) is 0 Å². The molecule has 0 radical (unpaired) electrons. The van der Waals surface area contributed by atoms with Gasteiger partial charge in [0.25, 0.3) is 0 Å². The fourth-order valence-electron chi connectivity index (χ4n) is 2.63. The molecule has 1 fully saturated rings. The van der Waals surface area contributed by atoms with Crippen molar-refractivity contribution in [3.63, 3.8) is 0 Å². The first kappa shape index (κ1) is 13.5. The van der Waals surface area contributed by atoms with Crippen LogP contribution in [0, 0.1) is 5.41 Å². The van der Waals surface area contributed by atoms with Gasteiger partial charge in [-0.1, -0.05) is 0 Å². The predicted molar refractivity (Wildman–Crippen MR) is 67.3 cm³/mol. The fourth-order valence-corrected chi connectivity index (χ4v) is 2.63. The summed E-state index contributed by atoms with van der Waals surface area (Å²) in [5, 5.41) is 3.40. The van der Waals surface area contributed by atoms with Crippen LogP contribution >= 0.6 is 0 Å². The van der Waals surface area contributed by atoms with Crippen molar-refractivity contribution in [2.24, 2.45) is 5.41 Å². The van der Waals surface area contributed by atoms with E-state index in [2.05, 4.69) is 39.9 Å². The molecule has 1 N–H and O–H groups in total. The zero-order valence-corrected chi connectivity index (χ0v) is 11.8. The summed E-state index contributed by atoms with van der Waals surface area (Å²) in [5.74, 6) is 0.245. The van der Waals surface area contributed by atoms with Crippen molar-refractivity contribution in [2.75, 3.05) is 13.1 Å². The van der Waals surface area contributed by atoms with Gasteiger partial charge < -0.3 is 10.2 Å². The maximum Gasteiger partial charge on any atom is 0.230 e. The Kier molecular flexibility index (Phi) is 3.14. The number of carbonyl (C=O) groups is 1. The molecule has 0 aromatic rings. The van der Waals surface area contributed by atoms with Crippen LogP contribution in [0.5, 0.6) is 0 Å². The first-order chi connectivity index (χ1) is 6.98. The Morgan fingerprint density at radius 2 is 1.62 bits per heavy atom. The lowest BCUT2D eigenvalue weighted by molar-refractivity contribution is -0.150. The molecule has 0 aromatic heterocycles. The van der Waals surface area contributed by atoms with Gasteiger partial charge in [0, 0.05) is 18.6 Å². The number of carbonyl (C=O) groups excluding carboxylic acids is 1. The third kappa shape index (κ3) is 2.40. The number of nitrogens with one attached hydrogen (secondary N) is 1. The summed E-state index contributed by atoms with van der Waals surface area (Å²) in [7, 11) is 0. The molecule has 0 unspecified atom stereocenters. The van der Waals surface area contributed by atoms with Crippen molar-refractivity contribution in [1.82, 2.24) is 10.2 Å². The van der Waals surface area contributed by atoms with Crippen LogP contribution in [0.15, 0.2) is 0 Å². The smallest absolute Gasteiger partial charge is 0.230 e. The molecule has 3 heteroatoms. The largest absolute Gasteiger partial charge is 0.331 e. The average molecular weight is 226 g/mol. The molecule has 0 atom stereocenters. The van der Waals surface area contributed by atoms with Gasteiger partial charge in [-0.25, -0.2) is 0 Å². The van der Waals surface area contributed by atoms with Gasteiger partial charge in [-0.15, -0.1) is 0 Å². The monoisotopic (exact) mass is 226 g/mol. The van der Waals surface area contributed by atoms with Gasteiger partial charge in [-0.2, -0.15) is 0 Å². The van der Waals surface area contributed by atoms with Gasteiger partial charge in [0.15, 0.2) is 0 Å². The molecular formula is C13H26N2O. The van der Waals surface area contributed by atoms with Gasteiger partial charge in [0.2, 0.25) is 5.91 Å². The molecule has 1 saturated heterocycles. The number of amides is 1. The second kappa shape index (κ2) is 3.73. The second-order valence-electron chi connectivity index (χ2n) is 7.11. The number of nitrogens with zero attached hydrogens (tertiary/aromatic N) is 1. The Bertz CT molecular complexity index is 287. The highest BCUT2D eigenvalue weighted by Crippen LogP contribution is 2.33. The van der Waals surface area contributed by atoms with Gasteiger partial charge in [0.1, 0.15) is 0 Å². The molecule has 0 bridgehead atoms. The van der Waals surface area contributed by atoms with Crippen molar-refractivity contribution in [1.29, 1.82) is 0 Å². The molecule has 3 nitrogen and oxygen atoms in total. The van der Waals surface area contributed by atoms with Crippen molar-refractivity contribution >= 4 is 5.91 Å². The van der Waals surface area contributed by atoms with E-state index in [0.29, 0.717) is 0 Å². The van der Waals surface area contributed by atoms with E-state index < -0.39 is 0 Å². The van der Waals surface area contributed by atoms with E-state index in [0.717, 1.165) is 13.1 Å². The summed E-state index contributed by atoms with van der Waals surface area (Å²) in [6.07, 6.45) is 0. The highest BCUT2D eigenvalue weighted by molar-refractivity contribution is 5.84. The lowest BCUT2D eigenvalue weighted by Crippen LogP contribution is -2.60. The third-order valence-electron chi connectivity index (χ3n) is 3.18. The minimum atomic E-state index is -0.318. The van der Waals surface area contributed by atoms with Crippen molar-refractivity contribution in [2.45, 2.75) is 59.5 Å². The van der Waals surface area contributed by atoms with Gasteiger partial charge in [-0.05, 0) is 48.5 Å². The van der Waals surface area contributed by atoms with Crippen molar-refractivity contribution < 1.29 is 4.79 Å². The molecule has 0 aliphatic carbocycles. The van der Waals surface area contributed by atoms with E-state index >= 15 is 0 Å². The summed E-state index contributed by atoms with van der Waals surface area (Å²) >= 11 is 0. The fraction of sp³-hybridized carbons (Fsp3) is 0.923. The van der Waals surface area contributed by atoms with Crippen LogP contribution in [0.3, 0.4) is 0 Å². The summed E-state index contributed by atoms with van der Waals surface area (Å²) in [5.41, 5.74) is -0.589. The molecule has 94 valence electrons. The summed E-state index contributed by atoms with van der Waals surface area (Å²) in [6.45, 7) is 16.2. The second-order valence-corrected chi connectivity index (χ2v) is 7.11. The first-order valence-corrected chi connectivity index (χ1v) is 6.04. The molecule has 1 aliphatic rings. The van der Waals surface area contributed by atoms with Crippen LogP contribution < -0.4 is 5.32 Å². The molecule has 16 heavy (non-hydrogen) atoms. The van der Waals surface area contributed by atoms with Crippen molar-refractivity contribution in [3.8, 4) is 0 Å². The molecule has 1 amide bonds. The van der Waals surface area contributed by atoms with Crippen LogP contribution in [0.25, 0.3) is 0 Å². The topological polar surface area (TPSA) is 32.3 Å². The molecular weight excluding hydrogens is 200 g/mol. The lowest BCUT2D eigenvalue weighted by atomic mass is 9.87. The van der Waals surface area contributed by atoms with Gasteiger partial charge >= 0.3 is 0 Å². The predicted octanol–water partition coefficient (Wildman–Crippen LogP) is 2.02.